The summed E-state index contributed by atoms with van der Waals surface area (Å²) in [5.74, 6) is 0.185. The van der Waals surface area contributed by atoms with Crippen molar-refractivity contribution in [2.24, 2.45) is 0 Å². The highest BCUT2D eigenvalue weighted by Crippen LogP contribution is 2.34. The molecule has 0 radical (unpaired) electrons. The van der Waals surface area contributed by atoms with Gasteiger partial charge in [0.1, 0.15) is 0 Å². The molecular formula is C16H19ClN2OS. The van der Waals surface area contributed by atoms with E-state index < -0.39 is 0 Å². The third-order valence-corrected chi connectivity index (χ3v) is 4.64. The molecule has 1 atom stereocenters. The third-order valence-electron chi connectivity index (χ3n) is 3.66. The molecule has 1 aromatic carbocycles. The molecule has 112 valence electrons. The maximum absolute atomic E-state index is 12.4. The molecule has 1 aromatic heterocycles. The summed E-state index contributed by atoms with van der Waals surface area (Å²) in [5, 5.41) is 5.28. The van der Waals surface area contributed by atoms with Crippen molar-refractivity contribution in [2.45, 2.75) is 18.9 Å². The van der Waals surface area contributed by atoms with Crippen LogP contribution >= 0.6 is 23.7 Å². The Labute approximate surface area is 135 Å². The highest BCUT2D eigenvalue weighted by Gasteiger charge is 2.30. The van der Waals surface area contributed by atoms with Gasteiger partial charge in [0.15, 0.2) is 0 Å². The summed E-state index contributed by atoms with van der Waals surface area (Å²) in [6, 6.07) is 14.3. The van der Waals surface area contributed by atoms with Crippen LogP contribution in [-0.2, 0) is 4.79 Å². The second-order valence-electron chi connectivity index (χ2n) is 4.98. The number of benzene rings is 1. The summed E-state index contributed by atoms with van der Waals surface area (Å²) in [7, 11) is 0. The van der Waals surface area contributed by atoms with Gasteiger partial charge in [-0.15, -0.1) is 23.7 Å². The van der Waals surface area contributed by atoms with Gasteiger partial charge in [-0.05, 0) is 36.4 Å². The first-order valence-corrected chi connectivity index (χ1v) is 7.84. The molecule has 2 heterocycles. The Balaban J connectivity index is 0.00000161. The second-order valence-corrected chi connectivity index (χ2v) is 5.96. The molecule has 1 aliphatic rings. The number of carbonyl (C=O) groups excluding carboxylic acids is 1. The van der Waals surface area contributed by atoms with E-state index in [0.717, 1.165) is 25.1 Å². The lowest BCUT2D eigenvalue weighted by atomic mass is 10.2. The summed E-state index contributed by atoms with van der Waals surface area (Å²) in [6.07, 6.45) is 2.18. The number of anilines is 1. The Bertz CT molecular complexity index is 559. The van der Waals surface area contributed by atoms with Crippen molar-refractivity contribution in [3.63, 3.8) is 0 Å². The van der Waals surface area contributed by atoms with E-state index in [1.54, 1.807) is 11.3 Å². The Kier molecular flexibility index (Phi) is 5.65. The lowest BCUT2D eigenvalue weighted by Gasteiger charge is -2.24. The molecule has 1 unspecified atom stereocenters. The maximum atomic E-state index is 12.4. The van der Waals surface area contributed by atoms with E-state index >= 15 is 0 Å². The third kappa shape index (κ3) is 3.77. The number of rotatable bonds is 4. The van der Waals surface area contributed by atoms with E-state index in [1.807, 2.05) is 35.2 Å². The van der Waals surface area contributed by atoms with Gasteiger partial charge < -0.3 is 10.2 Å². The highest BCUT2D eigenvalue weighted by molar-refractivity contribution is 7.10. The monoisotopic (exact) mass is 322 g/mol. The number of nitrogens with one attached hydrogen (secondary N) is 1. The van der Waals surface area contributed by atoms with E-state index in [2.05, 4.69) is 22.8 Å². The summed E-state index contributed by atoms with van der Waals surface area (Å²) in [6.45, 7) is 1.24. The van der Waals surface area contributed by atoms with Crippen LogP contribution in [0.5, 0.6) is 0 Å². The minimum Gasteiger partial charge on any atom is -0.376 e. The predicted octanol–water partition coefficient (Wildman–Crippen LogP) is 3.95. The fourth-order valence-electron chi connectivity index (χ4n) is 2.68. The molecule has 0 spiro atoms. The molecular weight excluding hydrogens is 304 g/mol. The van der Waals surface area contributed by atoms with Crippen LogP contribution < -0.4 is 5.32 Å². The van der Waals surface area contributed by atoms with Gasteiger partial charge in [0.2, 0.25) is 5.91 Å². The van der Waals surface area contributed by atoms with Crippen molar-refractivity contribution >= 4 is 35.3 Å². The number of hydrogen-bond donors (Lipinski definition) is 1. The number of halogens is 1. The van der Waals surface area contributed by atoms with E-state index in [1.165, 1.54) is 4.88 Å². The van der Waals surface area contributed by atoms with Crippen LogP contribution in [0.1, 0.15) is 23.8 Å². The molecule has 0 saturated carbocycles. The minimum absolute atomic E-state index is 0. The number of hydrogen-bond acceptors (Lipinski definition) is 3. The number of likely N-dealkylation sites (tertiary alicyclic amines) is 1. The van der Waals surface area contributed by atoms with Crippen LogP contribution in [-0.4, -0.2) is 23.9 Å². The van der Waals surface area contributed by atoms with Gasteiger partial charge >= 0.3 is 0 Å². The van der Waals surface area contributed by atoms with Crippen molar-refractivity contribution < 1.29 is 4.79 Å². The van der Waals surface area contributed by atoms with Crippen molar-refractivity contribution in [1.29, 1.82) is 0 Å². The van der Waals surface area contributed by atoms with Crippen LogP contribution in [0.4, 0.5) is 5.69 Å². The van der Waals surface area contributed by atoms with E-state index in [9.17, 15) is 4.79 Å². The van der Waals surface area contributed by atoms with Crippen LogP contribution in [0.2, 0.25) is 0 Å². The largest absolute Gasteiger partial charge is 0.376 e. The molecule has 2 aromatic rings. The molecule has 1 N–H and O–H groups in total. The van der Waals surface area contributed by atoms with Crippen LogP contribution in [0.25, 0.3) is 0 Å². The fourth-order valence-corrected chi connectivity index (χ4v) is 3.55. The van der Waals surface area contributed by atoms with Crippen molar-refractivity contribution in [2.75, 3.05) is 18.4 Å². The van der Waals surface area contributed by atoms with E-state index in [4.69, 9.17) is 0 Å². The van der Waals surface area contributed by atoms with Crippen molar-refractivity contribution in [3.05, 3.63) is 52.7 Å². The molecule has 0 bridgehead atoms. The Morgan fingerprint density at radius 1 is 1.24 bits per heavy atom. The van der Waals surface area contributed by atoms with Gasteiger partial charge in [-0.25, -0.2) is 0 Å². The minimum atomic E-state index is 0. The molecule has 21 heavy (non-hydrogen) atoms. The number of carbonyl (C=O) groups is 1. The van der Waals surface area contributed by atoms with Gasteiger partial charge in [-0.3, -0.25) is 4.79 Å². The van der Waals surface area contributed by atoms with Gasteiger partial charge in [0.05, 0.1) is 12.6 Å². The average molecular weight is 323 g/mol. The SMILES string of the molecule is Cl.O=C(CNc1ccccc1)N1CCCC1c1cccs1. The zero-order valence-corrected chi connectivity index (χ0v) is 13.3. The summed E-state index contributed by atoms with van der Waals surface area (Å²) in [5.41, 5.74) is 0.993. The first kappa shape index (κ1) is 15.9. The number of nitrogens with zero attached hydrogens (tertiary/aromatic N) is 1. The first-order chi connectivity index (χ1) is 9.84. The summed E-state index contributed by atoms with van der Waals surface area (Å²) >= 11 is 1.74. The topological polar surface area (TPSA) is 32.3 Å². The fraction of sp³-hybridized carbons (Fsp3) is 0.312. The molecule has 5 heteroatoms. The van der Waals surface area contributed by atoms with Crippen LogP contribution in [0, 0.1) is 0 Å². The van der Waals surface area contributed by atoms with E-state index in [0.29, 0.717) is 6.54 Å². The zero-order valence-electron chi connectivity index (χ0n) is 11.7. The normalized spacial score (nSPS) is 17.3. The Morgan fingerprint density at radius 2 is 2.05 bits per heavy atom. The van der Waals surface area contributed by atoms with Crippen LogP contribution in [0.15, 0.2) is 47.8 Å². The number of thiophene rings is 1. The van der Waals surface area contributed by atoms with Crippen molar-refractivity contribution in [3.8, 4) is 0 Å². The predicted molar refractivity (Wildman–Crippen MR) is 90.2 cm³/mol. The van der Waals surface area contributed by atoms with E-state index in [-0.39, 0.29) is 24.4 Å². The molecule has 3 rings (SSSR count). The smallest absolute Gasteiger partial charge is 0.242 e. The molecule has 1 fully saturated rings. The van der Waals surface area contributed by atoms with Gasteiger partial charge in [0, 0.05) is 17.1 Å². The highest BCUT2D eigenvalue weighted by atomic mass is 35.5. The molecule has 1 saturated heterocycles. The second kappa shape index (κ2) is 7.48. The van der Waals surface area contributed by atoms with Gasteiger partial charge in [-0.2, -0.15) is 0 Å². The lowest BCUT2D eigenvalue weighted by Crippen LogP contribution is -2.34. The lowest BCUT2D eigenvalue weighted by molar-refractivity contribution is -0.130. The quantitative estimate of drug-likeness (QED) is 0.924. The Hall–Kier alpha value is -1.52. The Morgan fingerprint density at radius 3 is 2.76 bits per heavy atom. The van der Waals surface area contributed by atoms with Gasteiger partial charge in [-0.1, -0.05) is 24.3 Å². The van der Waals surface area contributed by atoms with Crippen LogP contribution in [0.3, 0.4) is 0 Å². The summed E-state index contributed by atoms with van der Waals surface area (Å²) < 4.78 is 0. The standard InChI is InChI=1S/C16H18N2OS.ClH/c19-16(12-17-13-6-2-1-3-7-13)18-10-4-8-14(18)15-9-5-11-20-15;/h1-3,5-7,9,11,14,17H,4,8,10,12H2;1H. The first-order valence-electron chi connectivity index (χ1n) is 6.96. The average Bonchev–Trinajstić information content (AvgIpc) is 3.15. The maximum Gasteiger partial charge on any atom is 0.242 e. The number of para-hydroxylation sites is 1. The molecule has 1 amide bonds. The summed E-state index contributed by atoms with van der Waals surface area (Å²) in [4.78, 5) is 15.7. The molecule has 3 nitrogen and oxygen atoms in total. The van der Waals surface area contributed by atoms with Gasteiger partial charge in [0.25, 0.3) is 0 Å². The molecule has 1 aliphatic heterocycles. The molecule has 0 aliphatic carbocycles. The number of amides is 1. The zero-order chi connectivity index (χ0) is 13.8. The van der Waals surface area contributed by atoms with Crippen molar-refractivity contribution in [1.82, 2.24) is 4.90 Å².